The summed E-state index contributed by atoms with van der Waals surface area (Å²) in [4.78, 5) is 0. The van der Waals surface area contributed by atoms with E-state index in [0.717, 1.165) is 34.0 Å². The first kappa shape index (κ1) is 13.4. The van der Waals surface area contributed by atoms with E-state index in [0.29, 0.717) is 0 Å². The molecular weight excluding hydrogens is 265 g/mol. The van der Waals surface area contributed by atoms with E-state index in [1.165, 1.54) is 0 Å². The summed E-state index contributed by atoms with van der Waals surface area (Å²) >= 11 is 12.1. The molecule has 1 unspecified atom stereocenters. The highest BCUT2D eigenvalue weighted by atomic mass is 35.5. The van der Waals surface area contributed by atoms with Crippen LogP contribution in [0.2, 0.25) is 10.0 Å². The summed E-state index contributed by atoms with van der Waals surface area (Å²) in [7, 11) is 0. The molecule has 0 spiro atoms. The van der Waals surface area contributed by atoms with E-state index in [2.05, 4.69) is 0 Å². The van der Waals surface area contributed by atoms with E-state index in [1.807, 2.05) is 48.5 Å². The zero-order valence-electron chi connectivity index (χ0n) is 9.94. The Morgan fingerprint density at radius 2 is 1.72 bits per heavy atom. The largest absolute Gasteiger partial charge is 0.327 e. The van der Waals surface area contributed by atoms with Crippen LogP contribution < -0.4 is 5.73 Å². The Labute approximate surface area is 118 Å². The van der Waals surface area contributed by atoms with Crippen molar-refractivity contribution in [3.63, 3.8) is 0 Å². The van der Waals surface area contributed by atoms with Crippen LogP contribution in [0.3, 0.4) is 0 Å². The summed E-state index contributed by atoms with van der Waals surface area (Å²) in [6.45, 7) is 0. The first-order chi connectivity index (χ1) is 8.65. The van der Waals surface area contributed by atoms with E-state index >= 15 is 0 Å². The number of nitrogens with two attached hydrogens (primary N) is 1. The highest BCUT2D eigenvalue weighted by Crippen LogP contribution is 2.18. The van der Waals surface area contributed by atoms with E-state index in [-0.39, 0.29) is 6.04 Å². The van der Waals surface area contributed by atoms with Gasteiger partial charge in [0.1, 0.15) is 0 Å². The first-order valence-corrected chi connectivity index (χ1v) is 6.64. The van der Waals surface area contributed by atoms with Gasteiger partial charge in [-0.1, -0.05) is 53.5 Å². The molecule has 2 N–H and O–H groups in total. The predicted octanol–water partition coefficient (Wildman–Crippen LogP) is 4.11. The van der Waals surface area contributed by atoms with E-state index in [1.54, 1.807) is 0 Å². The fraction of sp³-hybridized carbons (Fsp3) is 0.200. The van der Waals surface area contributed by atoms with Gasteiger partial charge >= 0.3 is 0 Å². The van der Waals surface area contributed by atoms with Gasteiger partial charge in [0.05, 0.1) is 0 Å². The fourth-order valence-corrected chi connectivity index (χ4v) is 2.41. The van der Waals surface area contributed by atoms with Crippen LogP contribution in [0.5, 0.6) is 0 Å². The standard InChI is InChI=1S/C15H15Cl2N/c16-13-6-3-4-11(8-13)9-14(18)10-12-5-1-2-7-15(12)17/h1-8,14H,9-10,18H2. The highest BCUT2D eigenvalue weighted by molar-refractivity contribution is 6.31. The molecule has 0 bridgehead atoms. The van der Waals surface area contributed by atoms with Crippen LogP contribution in [0, 0.1) is 0 Å². The topological polar surface area (TPSA) is 26.0 Å². The minimum absolute atomic E-state index is 0.0448. The van der Waals surface area contributed by atoms with Crippen molar-refractivity contribution in [2.24, 2.45) is 5.73 Å². The molecule has 3 heteroatoms. The second kappa shape index (κ2) is 6.24. The Bertz CT molecular complexity index is 525. The van der Waals surface area contributed by atoms with Crippen molar-refractivity contribution in [3.8, 4) is 0 Å². The van der Waals surface area contributed by atoms with Gasteiger partial charge < -0.3 is 5.73 Å². The lowest BCUT2D eigenvalue weighted by molar-refractivity contribution is 0.665. The van der Waals surface area contributed by atoms with Crippen LogP contribution in [0.1, 0.15) is 11.1 Å². The van der Waals surface area contributed by atoms with E-state index in [4.69, 9.17) is 28.9 Å². The zero-order chi connectivity index (χ0) is 13.0. The fourth-order valence-electron chi connectivity index (χ4n) is 1.99. The average Bonchev–Trinajstić information content (AvgIpc) is 2.32. The second-order valence-corrected chi connectivity index (χ2v) is 5.23. The van der Waals surface area contributed by atoms with Crippen LogP contribution in [0.15, 0.2) is 48.5 Å². The number of halogens is 2. The molecule has 2 aromatic carbocycles. The Morgan fingerprint density at radius 1 is 0.944 bits per heavy atom. The van der Waals surface area contributed by atoms with Crippen LogP contribution in [0.4, 0.5) is 0 Å². The lowest BCUT2D eigenvalue weighted by Crippen LogP contribution is -2.25. The Morgan fingerprint density at radius 3 is 2.44 bits per heavy atom. The smallest absolute Gasteiger partial charge is 0.0438 e. The lowest BCUT2D eigenvalue weighted by Gasteiger charge is -2.13. The van der Waals surface area contributed by atoms with Crippen LogP contribution in [-0.2, 0) is 12.8 Å². The van der Waals surface area contributed by atoms with Crippen molar-refractivity contribution in [2.75, 3.05) is 0 Å². The Balaban J connectivity index is 2.01. The van der Waals surface area contributed by atoms with Crippen molar-refractivity contribution in [1.82, 2.24) is 0 Å². The summed E-state index contributed by atoms with van der Waals surface area (Å²) in [6, 6.07) is 15.7. The maximum atomic E-state index is 6.15. The maximum Gasteiger partial charge on any atom is 0.0438 e. The Hall–Kier alpha value is -1.02. The maximum absolute atomic E-state index is 6.15. The summed E-state index contributed by atoms with van der Waals surface area (Å²) < 4.78 is 0. The third-order valence-corrected chi connectivity index (χ3v) is 3.43. The number of hydrogen-bond acceptors (Lipinski definition) is 1. The molecule has 94 valence electrons. The molecule has 0 fully saturated rings. The minimum atomic E-state index is 0.0448. The van der Waals surface area contributed by atoms with Gasteiger partial charge in [-0.2, -0.15) is 0 Å². The van der Waals surface area contributed by atoms with Gasteiger partial charge in [0.2, 0.25) is 0 Å². The van der Waals surface area contributed by atoms with Crippen LogP contribution in [0.25, 0.3) is 0 Å². The molecule has 0 saturated heterocycles. The molecule has 2 rings (SSSR count). The normalized spacial score (nSPS) is 12.4. The van der Waals surface area contributed by atoms with E-state index in [9.17, 15) is 0 Å². The van der Waals surface area contributed by atoms with Gasteiger partial charge in [-0.3, -0.25) is 0 Å². The van der Waals surface area contributed by atoms with Gasteiger partial charge in [0, 0.05) is 16.1 Å². The molecule has 2 aromatic rings. The summed E-state index contributed by atoms with van der Waals surface area (Å²) in [6.07, 6.45) is 1.57. The molecule has 0 aliphatic heterocycles. The SMILES string of the molecule is NC(Cc1cccc(Cl)c1)Cc1ccccc1Cl. The van der Waals surface area contributed by atoms with Crippen LogP contribution >= 0.6 is 23.2 Å². The van der Waals surface area contributed by atoms with Gasteiger partial charge in [0.15, 0.2) is 0 Å². The van der Waals surface area contributed by atoms with Gasteiger partial charge in [-0.05, 0) is 42.2 Å². The molecule has 1 atom stereocenters. The van der Waals surface area contributed by atoms with E-state index < -0.39 is 0 Å². The van der Waals surface area contributed by atoms with Crippen LogP contribution in [-0.4, -0.2) is 6.04 Å². The molecule has 0 saturated carbocycles. The minimum Gasteiger partial charge on any atom is -0.327 e. The molecule has 0 aliphatic rings. The predicted molar refractivity (Wildman–Crippen MR) is 78.3 cm³/mol. The first-order valence-electron chi connectivity index (χ1n) is 5.88. The van der Waals surface area contributed by atoms with Gasteiger partial charge in [-0.25, -0.2) is 0 Å². The molecule has 0 amide bonds. The molecule has 18 heavy (non-hydrogen) atoms. The molecule has 0 aromatic heterocycles. The monoisotopic (exact) mass is 279 g/mol. The molecule has 0 radical (unpaired) electrons. The lowest BCUT2D eigenvalue weighted by atomic mass is 10.00. The number of benzene rings is 2. The zero-order valence-corrected chi connectivity index (χ0v) is 11.5. The molecular formula is C15H15Cl2N. The molecule has 1 nitrogen and oxygen atoms in total. The van der Waals surface area contributed by atoms with Crippen molar-refractivity contribution in [2.45, 2.75) is 18.9 Å². The Kier molecular flexibility index (Phi) is 4.65. The highest BCUT2D eigenvalue weighted by Gasteiger charge is 2.08. The number of hydrogen-bond donors (Lipinski definition) is 1. The van der Waals surface area contributed by atoms with Gasteiger partial charge in [0.25, 0.3) is 0 Å². The molecule has 0 aliphatic carbocycles. The third-order valence-electron chi connectivity index (χ3n) is 2.83. The third kappa shape index (κ3) is 3.74. The molecule has 0 heterocycles. The van der Waals surface area contributed by atoms with Gasteiger partial charge in [-0.15, -0.1) is 0 Å². The summed E-state index contributed by atoms with van der Waals surface area (Å²) in [5.74, 6) is 0. The summed E-state index contributed by atoms with van der Waals surface area (Å²) in [5, 5.41) is 1.52. The quantitative estimate of drug-likeness (QED) is 0.896. The average molecular weight is 280 g/mol. The van der Waals surface area contributed by atoms with Crippen molar-refractivity contribution in [1.29, 1.82) is 0 Å². The van der Waals surface area contributed by atoms with Crippen molar-refractivity contribution >= 4 is 23.2 Å². The number of rotatable bonds is 4. The second-order valence-electron chi connectivity index (χ2n) is 4.39. The van der Waals surface area contributed by atoms with Crippen molar-refractivity contribution < 1.29 is 0 Å². The van der Waals surface area contributed by atoms with Crippen molar-refractivity contribution in [3.05, 3.63) is 69.7 Å². The summed E-state index contributed by atoms with van der Waals surface area (Å²) in [5.41, 5.74) is 8.40.